The summed E-state index contributed by atoms with van der Waals surface area (Å²) in [6.45, 7) is 3.10. The lowest BCUT2D eigenvalue weighted by Gasteiger charge is -2.08. The Labute approximate surface area is 201 Å². The van der Waals surface area contributed by atoms with E-state index >= 15 is 0 Å². The van der Waals surface area contributed by atoms with Crippen LogP contribution in [0.25, 0.3) is 22.9 Å². The Bertz CT molecular complexity index is 948. The molecule has 0 saturated carbocycles. The Hall–Kier alpha value is -2.61. The van der Waals surface area contributed by atoms with Crippen molar-refractivity contribution in [3.05, 3.63) is 72.1 Å². The van der Waals surface area contributed by atoms with Crippen LogP contribution in [-0.2, 0) is 0 Å². The van der Waals surface area contributed by atoms with Gasteiger partial charge in [0.25, 0.3) is 0 Å². The molecule has 2 nitrogen and oxygen atoms in total. The topological polar surface area (TPSA) is 22.1 Å². The first-order valence-corrected chi connectivity index (χ1v) is 13.1. The third-order valence-corrected chi connectivity index (χ3v) is 6.28. The lowest BCUT2D eigenvalue weighted by molar-refractivity contribution is 0.304. The van der Waals surface area contributed by atoms with Gasteiger partial charge in [-0.15, -0.1) is 0 Å². The van der Waals surface area contributed by atoms with Gasteiger partial charge < -0.3 is 4.74 Å². The zero-order valence-corrected chi connectivity index (χ0v) is 20.5. The number of benzene rings is 2. The molecular weight excluding hydrogens is 402 g/mol. The van der Waals surface area contributed by atoms with Crippen LogP contribution >= 0.6 is 0 Å². The van der Waals surface area contributed by atoms with Crippen molar-refractivity contribution >= 4 is 22.9 Å². The third kappa shape index (κ3) is 9.82. The van der Waals surface area contributed by atoms with Gasteiger partial charge in [-0.05, 0) is 58.7 Å². The number of nitrogens with zero attached hydrogens (tertiary/aromatic N) is 1. The summed E-state index contributed by atoms with van der Waals surface area (Å²) in [5.41, 5.74) is 2.36. The minimum Gasteiger partial charge on any atom is -0.494 e. The van der Waals surface area contributed by atoms with Crippen LogP contribution in [0, 0.1) is 0 Å². The Morgan fingerprint density at radius 1 is 0.606 bits per heavy atom. The quantitative estimate of drug-likeness (QED) is 0.206. The van der Waals surface area contributed by atoms with Crippen molar-refractivity contribution in [3.8, 4) is 5.75 Å². The number of aromatic nitrogens is 1. The molecule has 0 N–H and O–H groups in total. The summed E-state index contributed by atoms with van der Waals surface area (Å²) < 4.78 is 6.02. The SMILES string of the molecule is CCCCCCCCCCCCCCOc1ccc2cc(/C=C/c3ccncc3)ccc2c1. The second-order valence-corrected chi connectivity index (χ2v) is 9.12. The van der Waals surface area contributed by atoms with Crippen LogP contribution < -0.4 is 4.74 Å². The normalized spacial score (nSPS) is 11.4. The molecule has 0 spiro atoms. The van der Waals surface area contributed by atoms with Gasteiger partial charge in [-0.1, -0.05) is 108 Å². The first-order chi connectivity index (χ1) is 16.3. The standard InChI is InChI=1S/C31H41NO/c1-2-3-4-5-6-7-8-9-10-11-12-13-24-33-31-19-18-29-25-28(16-17-30(29)26-31)15-14-27-20-22-32-23-21-27/h14-23,25-26H,2-13,24H2,1H3/b15-14+. The van der Waals surface area contributed by atoms with Crippen molar-refractivity contribution in [2.45, 2.75) is 84.0 Å². The van der Waals surface area contributed by atoms with E-state index < -0.39 is 0 Å². The number of hydrogen-bond donors (Lipinski definition) is 0. The van der Waals surface area contributed by atoms with E-state index in [0.29, 0.717) is 0 Å². The molecule has 0 aliphatic heterocycles. The summed E-state index contributed by atoms with van der Waals surface area (Å²) in [7, 11) is 0. The van der Waals surface area contributed by atoms with Gasteiger partial charge in [0.2, 0.25) is 0 Å². The smallest absolute Gasteiger partial charge is 0.119 e. The number of fused-ring (bicyclic) bond motifs is 1. The van der Waals surface area contributed by atoms with Crippen LogP contribution in [0.1, 0.15) is 95.1 Å². The summed E-state index contributed by atoms with van der Waals surface area (Å²) in [5.74, 6) is 0.977. The molecule has 0 radical (unpaired) electrons. The second-order valence-electron chi connectivity index (χ2n) is 9.12. The van der Waals surface area contributed by atoms with E-state index in [1.807, 2.05) is 24.5 Å². The largest absolute Gasteiger partial charge is 0.494 e. The number of rotatable bonds is 16. The average molecular weight is 444 g/mol. The molecule has 1 aromatic heterocycles. The molecule has 3 rings (SSSR count). The van der Waals surface area contributed by atoms with Crippen molar-refractivity contribution in [1.29, 1.82) is 0 Å². The summed E-state index contributed by atoms with van der Waals surface area (Å²) in [6, 6.07) is 17.0. The van der Waals surface area contributed by atoms with Gasteiger partial charge in [0.15, 0.2) is 0 Å². The minimum atomic E-state index is 0.815. The first-order valence-electron chi connectivity index (χ1n) is 13.1. The first kappa shape index (κ1) is 25.0. The van der Waals surface area contributed by atoms with Crippen molar-refractivity contribution in [1.82, 2.24) is 4.98 Å². The van der Waals surface area contributed by atoms with E-state index in [-0.39, 0.29) is 0 Å². The molecule has 0 amide bonds. The highest BCUT2D eigenvalue weighted by atomic mass is 16.5. The number of unbranched alkanes of at least 4 members (excludes halogenated alkanes) is 11. The van der Waals surface area contributed by atoms with E-state index in [2.05, 4.69) is 60.5 Å². The van der Waals surface area contributed by atoms with Crippen molar-refractivity contribution in [3.63, 3.8) is 0 Å². The van der Waals surface area contributed by atoms with Crippen LogP contribution in [0.2, 0.25) is 0 Å². The Kier molecular flexibility index (Phi) is 11.6. The van der Waals surface area contributed by atoms with Crippen molar-refractivity contribution in [2.24, 2.45) is 0 Å². The maximum Gasteiger partial charge on any atom is 0.119 e. The molecular formula is C31H41NO. The molecule has 0 aliphatic carbocycles. The zero-order valence-electron chi connectivity index (χ0n) is 20.5. The molecule has 2 aromatic carbocycles. The fourth-order valence-electron chi connectivity index (χ4n) is 4.24. The van der Waals surface area contributed by atoms with E-state index in [0.717, 1.165) is 24.3 Å². The molecule has 0 fully saturated rings. The molecule has 0 aliphatic rings. The molecule has 1 heterocycles. The monoisotopic (exact) mass is 443 g/mol. The lowest BCUT2D eigenvalue weighted by atomic mass is 10.1. The molecule has 3 aromatic rings. The fraction of sp³-hybridized carbons (Fsp3) is 0.452. The highest BCUT2D eigenvalue weighted by Gasteiger charge is 2.00. The average Bonchev–Trinajstić information content (AvgIpc) is 2.86. The van der Waals surface area contributed by atoms with Gasteiger partial charge in [0.1, 0.15) is 5.75 Å². The van der Waals surface area contributed by atoms with Crippen molar-refractivity contribution < 1.29 is 4.74 Å². The molecule has 2 heteroatoms. The summed E-state index contributed by atoms with van der Waals surface area (Å²) in [5, 5.41) is 2.47. The van der Waals surface area contributed by atoms with Gasteiger partial charge in [-0.3, -0.25) is 4.98 Å². The highest BCUT2D eigenvalue weighted by molar-refractivity contribution is 5.87. The number of pyridine rings is 1. The van der Waals surface area contributed by atoms with E-state index in [4.69, 9.17) is 4.74 Å². The van der Waals surface area contributed by atoms with Gasteiger partial charge in [-0.2, -0.15) is 0 Å². The number of ether oxygens (including phenoxy) is 1. The highest BCUT2D eigenvalue weighted by Crippen LogP contribution is 2.23. The summed E-state index contributed by atoms with van der Waals surface area (Å²) in [6.07, 6.45) is 24.3. The molecule has 0 atom stereocenters. The third-order valence-electron chi connectivity index (χ3n) is 6.28. The van der Waals surface area contributed by atoms with Crippen LogP contribution in [-0.4, -0.2) is 11.6 Å². The molecule has 0 saturated heterocycles. The van der Waals surface area contributed by atoms with Crippen molar-refractivity contribution in [2.75, 3.05) is 6.61 Å². The lowest BCUT2D eigenvalue weighted by Crippen LogP contribution is -1.97. The van der Waals surface area contributed by atoms with E-state index in [1.165, 1.54) is 87.0 Å². The van der Waals surface area contributed by atoms with Gasteiger partial charge in [0.05, 0.1) is 6.61 Å². The van der Waals surface area contributed by atoms with E-state index in [1.54, 1.807) is 0 Å². The minimum absolute atomic E-state index is 0.815. The molecule has 0 bridgehead atoms. The summed E-state index contributed by atoms with van der Waals surface area (Å²) in [4.78, 5) is 4.06. The van der Waals surface area contributed by atoms with Gasteiger partial charge in [0, 0.05) is 12.4 Å². The van der Waals surface area contributed by atoms with Crippen LogP contribution in [0.5, 0.6) is 5.75 Å². The zero-order chi connectivity index (χ0) is 23.0. The maximum atomic E-state index is 6.02. The fourth-order valence-corrected chi connectivity index (χ4v) is 4.24. The maximum absolute atomic E-state index is 6.02. The van der Waals surface area contributed by atoms with Crippen LogP contribution in [0.15, 0.2) is 60.9 Å². The molecule has 33 heavy (non-hydrogen) atoms. The molecule has 0 unspecified atom stereocenters. The van der Waals surface area contributed by atoms with E-state index in [9.17, 15) is 0 Å². The summed E-state index contributed by atoms with van der Waals surface area (Å²) >= 11 is 0. The Morgan fingerprint density at radius 3 is 1.88 bits per heavy atom. The molecule has 176 valence electrons. The predicted molar refractivity (Wildman–Crippen MR) is 144 cm³/mol. The second kappa shape index (κ2) is 15.3. The van der Waals surface area contributed by atoms with Crippen LogP contribution in [0.4, 0.5) is 0 Å². The predicted octanol–water partition coefficient (Wildman–Crippen LogP) is 9.49. The van der Waals surface area contributed by atoms with Crippen LogP contribution in [0.3, 0.4) is 0 Å². The number of hydrogen-bond acceptors (Lipinski definition) is 2. The Balaban J connectivity index is 1.30. The van der Waals surface area contributed by atoms with Gasteiger partial charge >= 0.3 is 0 Å². The Morgan fingerprint density at radius 2 is 1.18 bits per heavy atom. The van der Waals surface area contributed by atoms with Gasteiger partial charge in [-0.25, -0.2) is 0 Å².